The molecule has 2 aliphatic rings. The SMILES string of the molecule is O=C(COc1ccc(Cl)cc1)N1CCN(C2CC(=O)N(c3ccc(F)cc3)C2=O)CC1. The highest BCUT2D eigenvalue weighted by Crippen LogP contribution is 2.26. The predicted octanol–water partition coefficient (Wildman–Crippen LogP) is 2.33. The maximum absolute atomic E-state index is 13.2. The third-order valence-corrected chi connectivity index (χ3v) is 5.74. The molecule has 2 fully saturated rings. The zero-order chi connectivity index (χ0) is 22.0. The number of ether oxygens (including phenoxy) is 1. The molecule has 2 aliphatic heterocycles. The highest BCUT2D eigenvalue weighted by Gasteiger charge is 2.43. The van der Waals surface area contributed by atoms with E-state index in [4.69, 9.17) is 16.3 Å². The van der Waals surface area contributed by atoms with Gasteiger partial charge >= 0.3 is 0 Å². The fourth-order valence-electron chi connectivity index (χ4n) is 3.81. The molecule has 9 heteroatoms. The number of carbonyl (C=O) groups is 3. The molecule has 0 saturated carbocycles. The van der Waals surface area contributed by atoms with Crippen molar-refractivity contribution in [2.45, 2.75) is 12.5 Å². The molecule has 162 valence electrons. The molecule has 2 saturated heterocycles. The van der Waals surface area contributed by atoms with Crippen LogP contribution in [0.5, 0.6) is 5.75 Å². The van der Waals surface area contributed by atoms with E-state index in [2.05, 4.69) is 0 Å². The van der Waals surface area contributed by atoms with Crippen molar-refractivity contribution in [2.24, 2.45) is 0 Å². The van der Waals surface area contributed by atoms with Crippen LogP contribution in [0.4, 0.5) is 10.1 Å². The minimum atomic E-state index is -0.569. The summed E-state index contributed by atoms with van der Waals surface area (Å²) < 4.78 is 18.7. The van der Waals surface area contributed by atoms with Crippen LogP contribution in [0.25, 0.3) is 0 Å². The summed E-state index contributed by atoms with van der Waals surface area (Å²) in [6.45, 7) is 1.76. The van der Waals surface area contributed by atoms with E-state index in [0.29, 0.717) is 42.6 Å². The second-order valence-electron chi connectivity index (χ2n) is 7.42. The molecular weight excluding hydrogens is 425 g/mol. The van der Waals surface area contributed by atoms with Crippen molar-refractivity contribution in [1.82, 2.24) is 9.80 Å². The smallest absolute Gasteiger partial charge is 0.260 e. The molecule has 0 bridgehead atoms. The van der Waals surface area contributed by atoms with Crippen molar-refractivity contribution >= 4 is 35.0 Å². The van der Waals surface area contributed by atoms with Gasteiger partial charge in [0.25, 0.3) is 11.8 Å². The molecule has 0 aromatic heterocycles. The quantitative estimate of drug-likeness (QED) is 0.661. The normalized spacial score (nSPS) is 19.7. The molecule has 4 rings (SSSR count). The van der Waals surface area contributed by atoms with Gasteiger partial charge < -0.3 is 9.64 Å². The highest BCUT2D eigenvalue weighted by atomic mass is 35.5. The lowest BCUT2D eigenvalue weighted by Crippen LogP contribution is -2.54. The molecule has 7 nitrogen and oxygen atoms in total. The van der Waals surface area contributed by atoms with Crippen molar-refractivity contribution in [3.05, 3.63) is 59.4 Å². The van der Waals surface area contributed by atoms with E-state index in [1.807, 2.05) is 4.90 Å². The molecule has 2 aromatic rings. The number of amides is 3. The van der Waals surface area contributed by atoms with Crippen LogP contribution in [0, 0.1) is 5.82 Å². The van der Waals surface area contributed by atoms with Crippen LogP contribution in [0.15, 0.2) is 48.5 Å². The van der Waals surface area contributed by atoms with Crippen LogP contribution in [0.3, 0.4) is 0 Å². The van der Waals surface area contributed by atoms with Gasteiger partial charge in [-0.3, -0.25) is 19.3 Å². The number of rotatable bonds is 5. The van der Waals surface area contributed by atoms with E-state index in [1.165, 1.54) is 24.3 Å². The van der Waals surface area contributed by atoms with Crippen LogP contribution in [-0.4, -0.2) is 66.3 Å². The average Bonchev–Trinajstić information content (AvgIpc) is 3.08. The highest BCUT2D eigenvalue weighted by molar-refractivity contribution is 6.30. The van der Waals surface area contributed by atoms with Gasteiger partial charge in [-0.25, -0.2) is 9.29 Å². The summed E-state index contributed by atoms with van der Waals surface area (Å²) in [7, 11) is 0. The maximum atomic E-state index is 13.2. The van der Waals surface area contributed by atoms with Crippen molar-refractivity contribution < 1.29 is 23.5 Å². The van der Waals surface area contributed by atoms with Gasteiger partial charge in [-0.1, -0.05) is 11.6 Å². The minimum absolute atomic E-state index is 0.0732. The summed E-state index contributed by atoms with van der Waals surface area (Å²) in [4.78, 5) is 42.5. The number of anilines is 1. The Morgan fingerprint density at radius 1 is 1.00 bits per heavy atom. The van der Waals surface area contributed by atoms with Crippen LogP contribution in [0.1, 0.15) is 6.42 Å². The Bertz CT molecular complexity index is 975. The third kappa shape index (κ3) is 4.70. The van der Waals surface area contributed by atoms with E-state index in [0.717, 1.165) is 4.90 Å². The Balaban J connectivity index is 1.30. The molecule has 0 radical (unpaired) electrons. The van der Waals surface area contributed by atoms with Gasteiger partial charge in [-0.15, -0.1) is 0 Å². The Morgan fingerprint density at radius 3 is 2.29 bits per heavy atom. The first kappa shape index (κ1) is 21.3. The summed E-state index contributed by atoms with van der Waals surface area (Å²) in [5.74, 6) is -0.636. The summed E-state index contributed by atoms with van der Waals surface area (Å²) in [6, 6.07) is 11.5. The Hall–Kier alpha value is -2.97. The topological polar surface area (TPSA) is 70.2 Å². The molecule has 2 heterocycles. The number of carbonyl (C=O) groups excluding carboxylic acids is 3. The summed E-state index contributed by atoms with van der Waals surface area (Å²) in [6.07, 6.45) is 0.0732. The third-order valence-electron chi connectivity index (χ3n) is 5.49. The van der Waals surface area contributed by atoms with E-state index < -0.39 is 11.9 Å². The van der Waals surface area contributed by atoms with Crippen LogP contribution < -0.4 is 9.64 Å². The first-order valence-electron chi connectivity index (χ1n) is 9.95. The first-order valence-corrected chi connectivity index (χ1v) is 10.3. The Kier molecular flexibility index (Phi) is 6.20. The van der Waals surface area contributed by atoms with Gasteiger partial charge in [0, 0.05) is 31.2 Å². The maximum Gasteiger partial charge on any atom is 0.260 e. The number of imide groups is 1. The molecule has 0 spiro atoms. The van der Waals surface area contributed by atoms with Crippen molar-refractivity contribution in [2.75, 3.05) is 37.7 Å². The fraction of sp³-hybridized carbons (Fsp3) is 0.318. The summed E-state index contributed by atoms with van der Waals surface area (Å²) >= 11 is 5.83. The second-order valence-corrected chi connectivity index (χ2v) is 7.86. The van der Waals surface area contributed by atoms with E-state index in [-0.39, 0.29) is 30.7 Å². The molecule has 1 atom stereocenters. The minimum Gasteiger partial charge on any atom is -0.484 e. The number of benzene rings is 2. The molecular formula is C22H21ClFN3O4. The Labute approximate surface area is 183 Å². The van der Waals surface area contributed by atoms with Gasteiger partial charge in [0.05, 0.1) is 18.2 Å². The van der Waals surface area contributed by atoms with E-state index in [9.17, 15) is 18.8 Å². The lowest BCUT2D eigenvalue weighted by atomic mass is 10.1. The number of nitrogens with zero attached hydrogens (tertiary/aromatic N) is 3. The Morgan fingerprint density at radius 2 is 1.65 bits per heavy atom. The first-order chi connectivity index (χ1) is 14.9. The van der Waals surface area contributed by atoms with Crippen LogP contribution >= 0.6 is 11.6 Å². The molecule has 1 unspecified atom stereocenters. The van der Waals surface area contributed by atoms with Crippen molar-refractivity contribution in [1.29, 1.82) is 0 Å². The van der Waals surface area contributed by atoms with Gasteiger partial charge in [-0.2, -0.15) is 0 Å². The molecule has 31 heavy (non-hydrogen) atoms. The lowest BCUT2D eigenvalue weighted by molar-refractivity contribution is -0.136. The zero-order valence-electron chi connectivity index (χ0n) is 16.7. The number of piperazine rings is 1. The molecule has 2 aromatic carbocycles. The number of hydrogen-bond acceptors (Lipinski definition) is 5. The number of hydrogen-bond donors (Lipinski definition) is 0. The van der Waals surface area contributed by atoms with Crippen molar-refractivity contribution in [3.63, 3.8) is 0 Å². The van der Waals surface area contributed by atoms with Gasteiger partial charge in [-0.05, 0) is 48.5 Å². The monoisotopic (exact) mass is 445 g/mol. The molecule has 0 N–H and O–H groups in total. The largest absolute Gasteiger partial charge is 0.484 e. The average molecular weight is 446 g/mol. The second kappa shape index (κ2) is 9.03. The molecule has 0 aliphatic carbocycles. The van der Waals surface area contributed by atoms with Gasteiger partial charge in [0.2, 0.25) is 5.91 Å². The van der Waals surface area contributed by atoms with Gasteiger partial charge in [0.1, 0.15) is 11.6 Å². The summed E-state index contributed by atoms with van der Waals surface area (Å²) in [5, 5.41) is 0.590. The van der Waals surface area contributed by atoms with E-state index >= 15 is 0 Å². The summed E-state index contributed by atoms with van der Waals surface area (Å²) in [5.41, 5.74) is 0.368. The molecule has 3 amide bonds. The zero-order valence-corrected chi connectivity index (χ0v) is 17.4. The van der Waals surface area contributed by atoms with Crippen LogP contribution in [-0.2, 0) is 14.4 Å². The van der Waals surface area contributed by atoms with Gasteiger partial charge in [0.15, 0.2) is 6.61 Å². The number of halogens is 2. The van der Waals surface area contributed by atoms with Crippen LogP contribution in [0.2, 0.25) is 5.02 Å². The fourth-order valence-corrected chi connectivity index (χ4v) is 3.94. The van der Waals surface area contributed by atoms with E-state index in [1.54, 1.807) is 29.2 Å². The standard InChI is InChI=1S/C22H21ClFN3O4/c23-15-1-7-18(8-2-15)31-14-21(29)26-11-9-25(10-12-26)19-13-20(28)27(22(19)30)17-5-3-16(24)4-6-17/h1-8,19H,9-14H2. The van der Waals surface area contributed by atoms with Crippen molar-refractivity contribution in [3.8, 4) is 5.75 Å². The predicted molar refractivity (Wildman–Crippen MR) is 112 cm³/mol. The lowest BCUT2D eigenvalue weighted by Gasteiger charge is -2.36.